The molecule has 2 amide bonds. The number of pyridine rings is 1. The zero-order chi connectivity index (χ0) is 23.2. The van der Waals surface area contributed by atoms with E-state index < -0.39 is 21.8 Å². The molecule has 0 saturated heterocycles. The number of nitrogens with zero attached hydrogens (tertiary/aromatic N) is 4. The number of amides is 2. The summed E-state index contributed by atoms with van der Waals surface area (Å²) in [6.07, 6.45) is 5.02. The SMILES string of the molecule is COc1nccc(-c2ccc3c(c2NC(=O)N=[S@](N)(=O)c2cnn4c2OCCC4)CC3)c1F. The number of hydrogen-bond donors (Lipinski definition) is 2. The number of hydrogen-bond acceptors (Lipinski definition) is 6. The summed E-state index contributed by atoms with van der Waals surface area (Å²) in [6, 6.07) is 4.18. The van der Waals surface area contributed by atoms with E-state index in [-0.39, 0.29) is 22.2 Å². The van der Waals surface area contributed by atoms with Gasteiger partial charge in [0.25, 0.3) is 5.88 Å². The fourth-order valence-electron chi connectivity index (χ4n) is 3.98. The number of methoxy groups -OCH3 is 1. The summed E-state index contributed by atoms with van der Waals surface area (Å²) in [4.78, 5) is 16.8. The lowest BCUT2D eigenvalue weighted by Gasteiger charge is -2.25. The molecule has 0 saturated carbocycles. The van der Waals surface area contributed by atoms with Gasteiger partial charge in [0.15, 0.2) is 15.7 Å². The summed E-state index contributed by atoms with van der Waals surface area (Å²) in [6.45, 7) is 1.03. The Hall–Kier alpha value is -3.51. The number of rotatable bonds is 4. The molecular formula is C21H21FN6O4S. The third-order valence-electron chi connectivity index (χ3n) is 5.67. The molecule has 12 heteroatoms. The Bertz CT molecular complexity index is 1400. The number of carbonyl (C=O) groups is 1. The van der Waals surface area contributed by atoms with E-state index in [0.717, 1.165) is 24.0 Å². The highest BCUT2D eigenvalue weighted by Crippen LogP contribution is 2.40. The number of benzene rings is 1. The van der Waals surface area contributed by atoms with E-state index in [1.54, 1.807) is 6.07 Å². The van der Waals surface area contributed by atoms with E-state index in [9.17, 15) is 13.4 Å². The van der Waals surface area contributed by atoms with Gasteiger partial charge in [0.1, 0.15) is 4.90 Å². The number of urea groups is 1. The van der Waals surface area contributed by atoms with Gasteiger partial charge in [-0.25, -0.2) is 28.2 Å². The zero-order valence-electron chi connectivity index (χ0n) is 17.7. The summed E-state index contributed by atoms with van der Waals surface area (Å²) in [5.41, 5.74) is 2.93. The van der Waals surface area contributed by atoms with Gasteiger partial charge in [-0.3, -0.25) is 0 Å². The van der Waals surface area contributed by atoms with Crippen LogP contribution < -0.4 is 19.9 Å². The van der Waals surface area contributed by atoms with E-state index in [0.29, 0.717) is 30.8 Å². The molecule has 3 heterocycles. The maximum atomic E-state index is 14.9. The topological polar surface area (TPSA) is 134 Å². The second-order valence-electron chi connectivity index (χ2n) is 7.64. The molecule has 3 N–H and O–H groups in total. The van der Waals surface area contributed by atoms with Crippen molar-refractivity contribution in [3.63, 3.8) is 0 Å². The molecule has 2 aromatic heterocycles. The first-order valence-electron chi connectivity index (χ1n) is 10.3. The molecule has 0 unspecified atom stereocenters. The molecule has 5 rings (SSSR count). The van der Waals surface area contributed by atoms with Crippen LogP contribution in [0.2, 0.25) is 0 Å². The number of carbonyl (C=O) groups excluding carboxylic acids is 1. The molecule has 0 radical (unpaired) electrons. The van der Waals surface area contributed by atoms with Crippen molar-refractivity contribution in [3.05, 3.63) is 47.5 Å². The first kappa shape index (κ1) is 21.3. The van der Waals surface area contributed by atoms with E-state index in [4.69, 9.17) is 14.6 Å². The maximum absolute atomic E-state index is 14.9. The number of aromatic nitrogens is 3. The second-order valence-corrected chi connectivity index (χ2v) is 9.40. The van der Waals surface area contributed by atoms with Gasteiger partial charge in [0.2, 0.25) is 5.88 Å². The van der Waals surface area contributed by atoms with Gasteiger partial charge in [0, 0.05) is 30.3 Å². The third kappa shape index (κ3) is 3.70. The van der Waals surface area contributed by atoms with Crippen molar-refractivity contribution in [2.45, 2.75) is 30.7 Å². The number of halogens is 1. The van der Waals surface area contributed by atoms with Crippen LogP contribution in [0.25, 0.3) is 11.1 Å². The summed E-state index contributed by atoms with van der Waals surface area (Å²) >= 11 is 0. The summed E-state index contributed by atoms with van der Waals surface area (Å²) in [5.74, 6) is -0.563. The van der Waals surface area contributed by atoms with Crippen LogP contribution in [0.5, 0.6) is 11.8 Å². The molecule has 0 spiro atoms. The molecule has 10 nitrogen and oxygen atoms in total. The van der Waals surface area contributed by atoms with Gasteiger partial charge in [-0.1, -0.05) is 12.1 Å². The Morgan fingerprint density at radius 1 is 1.33 bits per heavy atom. The summed E-state index contributed by atoms with van der Waals surface area (Å²) < 4.78 is 43.8. The van der Waals surface area contributed by atoms with E-state index >= 15 is 0 Å². The third-order valence-corrected chi connectivity index (χ3v) is 7.02. The van der Waals surface area contributed by atoms with Crippen LogP contribution in [-0.2, 0) is 29.3 Å². The number of fused-ring (bicyclic) bond motifs is 2. The normalized spacial score (nSPS) is 15.8. The van der Waals surface area contributed by atoms with Gasteiger partial charge in [0.05, 0.1) is 25.6 Å². The summed E-state index contributed by atoms with van der Waals surface area (Å²) in [7, 11) is -2.30. The Labute approximate surface area is 189 Å². The van der Waals surface area contributed by atoms with Crippen LogP contribution in [0.1, 0.15) is 17.5 Å². The number of nitrogens with one attached hydrogen (secondary N) is 1. The minimum absolute atomic E-state index is 0.0588. The van der Waals surface area contributed by atoms with Gasteiger partial charge < -0.3 is 14.8 Å². The van der Waals surface area contributed by atoms with Crippen molar-refractivity contribution in [1.29, 1.82) is 0 Å². The fraction of sp³-hybridized carbons (Fsp3) is 0.286. The lowest BCUT2D eigenvalue weighted by Crippen LogP contribution is -2.22. The quantitative estimate of drug-likeness (QED) is 0.600. The zero-order valence-corrected chi connectivity index (χ0v) is 18.5. The molecule has 3 aromatic rings. The number of nitrogens with two attached hydrogens (primary N) is 1. The molecule has 1 aromatic carbocycles. The highest BCUT2D eigenvalue weighted by Gasteiger charge is 2.27. The average molecular weight is 473 g/mol. The molecule has 33 heavy (non-hydrogen) atoms. The predicted molar refractivity (Wildman–Crippen MR) is 118 cm³/mol. The van der Waals surface area contributed by atoms with Gasteiger partial charge in [-0.2, -0.15) is 5.10 Å². The van der Waals surface area contributed by atoms with Gasteiger partial charge >= 0.3 is 6.03 Å². The number of anilines is 1. The van der Waals surface area contributed by atoms with Crippen molar-refractivity contribution in [2.24, 2.45) is 9.50 Å². The average Bonchev–Trinajstić information content (AvgIpc) is 3.20. The highest BCUT2D eigenvalue weighted by molar-refractivity contribution is 7.91. The fourth-order valence-corrected chi connectivity index (χ4v) is 4.99. The standard InChI is InChI=1S/C21H21FN6O4S/c1-31-19-17(22)14(7-8-24-19)15-6-4-12-3-5-13(12)18(15)26-21(29)27-33(23,30)16-11-25-28-9-2-10-32-20(16)28/h4,6-8,11H,2-3,5,9-10H2,1H3,(H3,23,26,27,29,30)/t33-/m0/s1. The lowest BCUT2D eigenvalue weighted by molar-refractivity contribution is 0.224. The molecule has 0 bridgehead atoms. The molecule has 172 valence electrons. The minimum Gasteiger partial charge on any atom is -0.479 e. The molecule has 0 fully saturated rings. The van der Waals surface area contributed by atoms with Crippen molar-refractivity contribution < 1.29 is 22.9 Å². The Morgan fingerprint density at radius 3 is 2.94 bits per heavy atom. The minimum atomic E-state index is -3.63. The van der Waals surface area contributed by atoms with Crippen molar-refractivity contribution in [1.82, 2.24) is 14.8 Å². The Balaban J connectivity index is 1.53. The monoisotopic (exact) mass is 472 g/mol. The van der Waals surface area contributed by atoms with Crippen molar-refractivity contribution in [3.8, 4) is 22.9 Å². The molecule has 2 aliphatic rings. The lowest BCUT2D eigenvalue weighted by atomic mass is 9.84. The maximum Gasteiger partial charge on any atom is 0.354 e. The smallest absolute Gasteiger partial charge is 0.354 e. The van der Waals surface area contributed by atoms with E-state index in [2.05, 4.69) is 19.8 Å². The Kier molecular flexibility index (Phi) is 5.25. The van der Waals surface area contributed by atoms with Gasteiger partial charge in [-0.05, 0) is 30.0 Å². The molecular weight excluding hydrogens is 451 g/mol. The largest absolute Gasteiger partial charge is 0.479 e. The van der Waals surface area contributed by atoms with Crippen LogP contribution in [-0.4, -0.2) is 38.7 Å². The molecule has 1 atom stereocenters. The van der Waals surface area contributed by atoms with Crippen LogP contribution in [0.3, 0.4) is 0 Å². The second kappa shape index (κ2) is 8.12. The van der Waals surface area contributed by atoms with Crippen LogP contribution in [0.15, 0.2) is 39.9 Å². The molecule has 1 aliphatic carbocycles. The van der Waals surface area contributed by atoms with Crippen molar-refractivity contribution in [2.75, 3.05) is 19.0 Å². The first-order chi connectivity index (χ1) is 15.9. The molecule has 1 aliphatic heterocycles. The van der Waals surface area contributed by atoms with Crippen molar-refractivity contribution >= 4 is 21.6 Å². The van der Waals surface area contributed by atoms with E-state index in [1.165, 1.54) is 30.3 Å². The summed E-state index contributed by atoms with van der Waals surface area (Å²) in [5, 5.41) is 12.7. The van der Waals surface area contributed by atoms with Crippen LogP contribution in [0.4, 0.5) is 14.9 Å². The first-order valence-corrected chi connectivity index (χ1v) is 11.8. The van der Waals surface area contributed by atoms with Gasteiger partial charge in [-0.15, -0.1) is 4.36 Å². The van der Waals surface area contributed by atoms with E-state index in [1.807, 2.05) is 6.07 Å². The number of aryl methyl sites for hydroxylation is 2. The van der Waals surface area contributed by atoms with Crippen LogP contribution >= 0.6 is 0 Å². The number of ether oxygens (including phenoxy) is 2. The predicted octanol–water partition coefficient (Wildman–Crippen LogP) is 2.91. The highest BCUT2D eigenvalue weighted by atomic mass is 32.2. The van der Waals surface area contributed by atoms with Crippen LogP contribution in [0, 0.1) is 5.82 Å². The Morgan fingerprint density at radius 2 is 2.18 bits per heavy atom.